The molecule has 110 valence electrons. The number of nitrogens with one attached hydrogen (secondary N) is 1. The average Bonchev–Trinajstić information content (AvgIpc) is 2.49. The van der Waals surface area contributed by atoms with Crippen LogP contribution in [0.2, 0.25) is 0 Å². The van der Waals surface area contributed by atoms with Gasteiger partial charge in [0.15, 0.2) is 0 Å². The number of ether oxygens (including phenoxy) is 1. The number of benzene rings is 1. The number of carbonyl (C=O) groups excluding carboxylic acids is 1. The third-order valence-corrected chi connectivity index (χ3v) is 4.13. The van der Waals surface area contributed by atoms with Crippen LogP contribution in [0.15, 0.2) is 30.3 Å². The van der Waals surface area contributed by atoms with Crippen molar-refractivity contribution in [3.8, 4) is 0 Å². The van der Waals surface area contributed by atoms with E-state index >= 15 is 0 Å². The first-order valence-electron chi connectivity index (χ1n) is 7.68. The van der Waals surface area contributed by atoms with Gasteiger partial charge in [-0.15, -0.1) is 0 Å². The van der Waals surface area contributed by atoms with Gasteiger partial charge in [-0.2, -0.15) is 0 Å². The van der Waals surface area contributed by atoms with Crippen molar-refractivity contribution in [3.05, 3.63) is 35.9 Å². The fourth-order valence-electron chi connectivity index (χ4n) is 2.95. The Kier molecular flexibility index (Phi) is 5.60. The summed E-state index contributed by atoms with van der Waals surface area (Å²) in [6.07, 6.45) is 4.00. The van der Waals surface area contributed by atoms with E-state index in [1.165, 1.54) is 5.56 Å². The molecule has 0 heterocycles. The zero-order chi connectivity index (χ0) is 14.4. The fourth-order valence-corrected chi connectivity index (χ4v) is 2.95. The van der Waals surface area contributed by atoms with Crippen molar-refractivity contribution < 1.29 is 9.53 Å². The highest BCUT2D eigenvalue weighted by molar-refractivity contribution is 5.72. The maximum atomic E-state index is 11.7. The molecule has 0 saturated heterocycles. The Hall–Kier alpha value is -1.35. The maximum Gasteiger partial charge on any atom is 0.308 e. The Bertz CT molecular complexity index is 410. The Morgan fingerprint density at radius 1 is 1.25 bits per heavy atom. The molecule has 0 radical (unpaired) electrons. The number of hydrogen-bond donors (Lipinski definition) is 1. The molecule has 1 unspecified atom stereocenters. The lowest BCUT2D eigenvalue weighted by Crippen LogP contribution is -2.36. The minimum Gasteiger partial charge on any atom is -0.466 e. The Balaban J connectivity index is 1.78. The lowest BCUT2D eigenvalue weighted by atomic mass is 9.85. The van der Waals surface area contributed by atoms with Gasteiger partial charge in [0, 0.05) is 12.1 Å². The fraction of sp³-hybridized carbons (Fsp3) is 0.588. The second kappa shape index (κ2) is 7.44. The Morgan fingerprint density at radius 2 is 1.90 bits per heavy atom. The summed E-state index contributed by atoms with van der Waals surface area (Å²) in [5.41, 5.74) is 1.32. The molecule has 1 atom stereocenters. The van der Waals surface area contributed by atoms with E-state index in [0.29, 0.717) is 18.7 Å². The highest BCUT2D eigenvalue weighted by Crippen LogP contribution is 2.27. The molecular formula is C17H25NO2. The first-order valence-corrected chi connectivity index (χ1v) is 7.68. The van der Waals surface area contributed by atoms with E-state index in [2.05, 4.69) is 36.5 Å². The Labute approximate surface area is 121 Å². The first-order chi connectivity index (χ1) is 9.70. The molecule has 0 spiro atoms. The van der Waals surface area contributed by atoms with Crippen molar-refractivity contribution >= 4 is 5.97 Å². The van der Waals surface area contributed by atoms with Crippen LogP contribution in [0.3, 0.4) is 0 Å². The summed E-state index contributed by atoms with van der Waals surface area (Å²) in [5.74, 6) is 0.0992. The summed E-state index contributed by atoms with van der Waals surface area (Å²) < 4.78 is 5.11. The van der Waals surface area contributed by atoms with Gasteiger partial charge in [-0.25, -0.2) is 0 Å². The highest BCUT2D eigenvalue weighted by Gasteiger charge is 2.27. The van der Waals surface area contributed by atoms with Crippen molar-refractivity contribution in [1.82, 2.24) is 5.32 Å². The lowest BCUT2D eigenvalue weighted by Gasteiger charge is -2.30. The molecule has 0 amide bonds. The molecule has 1 aliphatic carbocycles. The summed E-state index contributed by atoms with van der Waals surface area (Å²) in [7, 11) is 0. The summed E-state index contributed by atoms with van der Waals surface area (Å²) in [6, 6.07) is 11.4. The van der Waals surface area contributed by atoms with Gasteiger partial charge in [-0.1, -0.05) is 30.3 Å². The predicted molar refractivity (Wildman–Crippen MR) is 80.4 cm³/mol. The first kappa shape index (κ1) is 15.0. The SMILES string of the molecule is CCOC(=O)C1CCC(NC(C)c2ccccc2)CC1. The molecule has 1 aromatic rings. The summed E-state index contributed by atoms with van der Waals surface area (Å²) in [5, 5.41) is 3.67. The van der Waals surface area contributed by atoms with Crippen molar-refractivity contribution in [2.24, 2.45) is 5.92 Å². The number of rotatable bonds is 5. The second-order valence-electron chi connectivity index (χ2n) is 5.60. The van der Waals surface area contributed by atoms with Crippen LogP contribution in [0.1, 0.15) is 51.1 Å². The average molecular weight is 275 g/mol. The van der Waals surface area contributed by atoms with E-state index in [9.17, 15) is 4.79 Å². The molecule has 1 aliphatic rings. The predicted octanol–water partition coefficient (Wildman–Crippen LogP) is 3.46. The molecule has 1 N–H and O–H groups in total. The zero-order valence-electron chi connectivity index (χ0n) is 12.5. The molecule has 1 aromatic carbocycles. The van der Waals surface area contributed by atoms with Gasteiger partial charge in [0.25, 0.3) is 0 Å². The monoisotopic (exact) mass is 275 g/mol. The second-order valence-corrected chi connectivity index (χ2v) is 5.60. The van der Waals surface area contributed by atoms with Gasteiger partial charge in [-0.3, -0.25) is 4.79 Å². The third-order valence-electron chi connectivity index (χ3n) is 4.13. The van der Waals surface area contributed by atoms with Crippen LogP contribution in [0.4, 0.5) is 0 Å². The van der Waals surface area contributed by atoms with Gasteiger partial charge in [0.05, 0.1) is 12.5 Å². The highest BCUT2D eigenvalue weighted by atomic mass is 16.5. The number of hydrogen-bond acceptors (Lipinski definition) is 3. The van der Waals surface area contributed by atoms with Gasteiger partial charge < -0.3 is 10.1 Å². The number of esters is 1. The van der Waals surface area contributed by atoms with E-state index in [0.717, 1.165) is 25.7 Å². The lowest BCUT2D eigenvalue weighted by molar-refractivity contribution is -0.149. The van der Waals surface area contributed by atoms with Crippen LogP contribution in [-0.2, 0) is 9.53 Å². The molecular weight excluding hydrogens is 250 g/mol. The van der Waals surface area contributed by atoms with Crippen LogP contribution < -0.4 is 5.32 Å². The van der Waals surface area contributed by atoms with E-state index in [-0.39, 0.29) is 11.9 Å². The van der Waals surface area contributed by atoms with Crippen LogP contribution in [0.25, 0.3) is 0 Å². The van der Waals surface area contributed by atoms with E-state index < -0.39 is 0 Å². The largest absolute Gasteiger partial charge is 0.466 e. The van der Waals surface area contributed by atoms with Crippen molar-refractivity contribution in [1.29, 1.82) is 0 Å². The molecule has 0 aliphatic heterocycles. The molecule has 0 aromatic heterocycles. The van der Waals surface area contributed by atoms with Crippen molar-refractivity contribution in [2.75, 3.05) is 6.61 Å². The maximum absolute atomic E-state index is 11.7. The Morgan fingerprint density at radius 3 is 2.50 bits per heavy atom. The summed E-state index contributed by atoms with van der Waals surface area (Å²) in [4.78, 5) is 11.7. The molecule has 3 heteroatoms. The van der Waals surface area contributed by atoms with Crippen molar-refractivity contribution in [2.45, 2.75) is 51.6 Å². The normalized spacial score (nSPS) is 24.1. The standard InChI is InChI=1S/C17H25NO2/c1-3-20-17(19)15-9-11-16(12-10-15)18-13(2)14-7-5-4-6-8-14/h4-8,13,15-16,18H,3,9-12H2,1-2H3. The van der Waals surface area contributed by atoms with Crippen LogP contribution in [0.5, 0.6) is 0 Å². The van der Waals surface area contributed by atoms with E-state index in [4.69, 9.17) is 4.74 Å². The number of carbonyl (C=O) groups is 1. The van der Waals surface area contributed by atoms with Gasteiger partial charge >= 0.3 is 5.97 Å². The van der Waals surface area contributed by atoms with Crippen molar-refractivity contribution in [3.63, 3.8) is 0 Å². The molecule has 0 bridgehead atoms. The minimum atomic E-state index is -0.0120. The summed E-state index contributed by atoms with van der Waals surface area (Å²) >= 11 is 0. The third kappa shape index (κ3) is 4.07. The molecule has 3 nitrogen and oxygen atoms in total. The molecule has 2 rings (SSSR count). The van der Waals surface area contributed by atoms with E-state index in [1.54, 1.807) is 0 Å². The molecule has 1 fully saturated rings. The van der Waals surface area contributed by atoms with Crippen LogP contribution in [-0.4, -0.2) is 18.6 Å². The van der Waals surface area contributed by atoms with Gasteiger partial charge in [-0.05, 0) is 45.1 Å². The molecule has 1 saturated carbocycles. The van der Waals surface area contributed by atoms with Gasteiger partial charge in [0.2, 0.25) is 0 Å². The smallest absolute Gasteiger partial charge is 0.308 e. The quantitative estimate of drug-likeness (QED) is 0.836. The van der Waals surface area contributed by atoms with E-state index in [1.807, 2.05) is 13.0 Å². The minimum absolute atomic E-state index is 0.0120. The topological polar surface area (TPSA) is 38.3 Å². The summed E-state index contributed by atoms with van der Waals surface area (Å²) in [6.45, 7) is 4.56. The van der Waals surface area contributed by atoms with Gasteiger partial charge in [0.1, 0.15) is 0 Å². The van der Waals surface area contributed by atoms with Crippen LogP contribution >= 0.6 is 0 Å². The zero-order valence-corrected chi connectivity index (χ0v) is 12.5. The molecule has 20 heavy (non-hydrogen) atoms. The van der Waals surface area contributed by atoms with Crippen LogP contribution in [0, 0.1) is 5.92 Å².